The van der Waals surface area contributed by atoms with Gasteiger partial charge in [-0.15, -0.1) is 6.58 Å². The van der Waals surface area contributed by atoms with Crippen LogP contribution in [0.2, 0.25) is 0 Å². The molecule has 0 saturated carbocycles. The number of anilines is 2. The Morgan fingerprint density at radius 3 is 2.83 bits per heavy atom. The van der Waals surface area contributed by atoms with Crippen molar-refractivity contribution in [2.45, 2.75) is 0 Å². The van der Waals surface area contributed by atoms with Crippen LogP contribution in [0.1, 0.15) is 10.4 Å². The van der Waals surface area contributed by atoms with Crippen molar-refractivity contribution in [1.82, 2.24) is 0 Å². The number of rotatable bonds is 3. The first kappa shape index (κ1) is 12.2. The molecule has 5 nitrogen and oxygen atoms in total. The highest BCUT2D eigenvalue weighted by atomic mass is 16.4. The van der Waals surface area contributed by atoms with Gasteiger partial charge < -0.3 is 14.9 Å². The van der Waals surface area contributed by atoms with Crippen LogP contribution in [0.5, 0.6) is 0 Å². The highest BCUT2D eigenvalue weighted by Crippen LogP contribution is 2.33. The molecule has 2 rings (SSSR count). The third-order valence-corrected chi connectivity index (χ3v) is 2.97. The van der Waals surface area contributed by atoms with Gasteiger partial charge in [-0.1, -0.05) is 6.08 Å². The molecule has 94 valence electrons. The monoisotopic (exact) mass is 246 g/mol. The van der Waals surface area contributed by atoms with Crippen LogP contribution in [0, 0.1) is 0 Å². The van der Waals surface area contributed by atoms with Crippen LogP contribution < -0.4 is 9.80 Å². The molecule has 5 heteroatoms. The molecule has 1 aromatic carbocycles. The minimum atomic E-state index is -0.976. The van der Waals surface area contributed by atoms with E-state index in [0.29, 0.717) is 6.54 Å². The molecule has 0 bridgehead atoms. The first-order chi connectivity index (χ1) is 8.54. The van der Waals surface area contributed by atoms with Crippen molar-refractivity contribution in [2.75, 3.05) is 29.9 Å². The number of carboxylic acids is 1. The standard InChI is InChI=1S/C13H14N2O3/c1-3-6-15-8-12(16)14(2)10-5-4-9(13(17)18)7-11(10)15/h3-5,7H,1,6,8H2,2H3,(H,17,18). The van der Waals surface area contributed by atoms with Gasteiger partial charge in [0.1, 0.15) is 0 Å². The highest BCUT2D eigenvalue weighted by Gasteiger charge is 2.26. The Kier molecular flexibility index (Phi) is 3.06. The summed E-state index contributed by atoms with van der Waals surface area (Å²) in [4.78, 5) is 26.1. The molecule has 0 fully saturated rings. The molecular weight excluding hydrogens is 232 g/mol. The molecule has 0 spiro atoms. The SMILES string of the molecule is C=CCN1CC(=O)N(C)c2ccc(C(=O)O)cc21. The number of hydrogen-bond donors (Lipinski definition) is 1. The summed E-state index contributed by atoms with van der Waals surface area (Å²) in [7, 11) is 1.69. The largest absolute Gasteiger partial charge is 0.478 e. The van der Waals surface area contributed by atoms with Gasteiger partial charge in [-0.05, 0) is 18.2 Å². The van der Waals surface area contributed by atoms with Crippen molar-refractivity contribution in [3.05, 3.63) is 36.4 Å². The maximum Gasteiger partial charge on any atom is 0.335 e. The van der Waals surface area contributed by atoms with Gasteiger partial charge in [0.05, 0.1) is 23.5 Å². The molecule has 18 heavy (non-hydrogen) atoms. The molecule has 0 aliphatic carbocycles. The van der Waals surface area contributed by atoms with Crippen molar-refractivity contribution < 1.29 is 14.7 Å². The Morgan fingerprint density at radius 1 is 1.50 bits per heavy atom. The summed E-state index contributed by atoms with van der Waals surface area (Å²) in [6.45, 7) is 4.39. The molecule has 0 aromatic heterocycles. The summed E-state index contributed by atoms with van der Waals surface area (Å²) in [5.41, 5.74) is 1.68. The van der Waals surface area contributed by atoms with E-state index in [4.69, 9.17) is 5.11 Å². The molecule has 1 heterocycles. The number of benzene rings is 1. The second-order valence-corrected chi connectivity index (χ2v) is 4.13. The zero-order chi connectivity index (χ0) is 13.3. The molecule has 0 saturated heterocycles. The molecule has 0 radical (unpaired) electrons. The fourth-order valence-electron chi connectivity index (χ4n) is 2.00. The summed E-state index contributed by atoms with van der Waals surface area (Å²) in [6, 6.07) is 4.75. The van der Waals surface area contributed by atoms with E-state index in [1.54, 1.807) is 30.2 Å². The number of carboxylic acid groups (broad SMARTS) is 1. The number of nitrogens with zero attached hydrogens (tertiary/aromatic N) is 2. The summed E-state index contributed by atoms with van der Waals surface area (Å²) in [5, 5.41) is 9.00. The number of aromatic carboxylic acids is 1. The third-order valence-electron chi connectivity index (χ3n) is 2.97. The maximum atomic E-state index is 11.8. The summed E-state index contributed by atoms with van der Waals surface area (Å²) in [6.07, 6.45) is 1.69. The lowest BCUT2D eigenvalue weighted by Crippen LogP contribution is -2.44. The zero-order valence-corrected chi connectivity index (χ0v) is 10.1. The average molecular weight is 246 g/mol. The van der Waals surface area contributed by atoms with E-state index >= 15 is 0 Å². The van der Waals surface area contributed by atoms with E-state index in [1.807, 2.05) is 4.90 Å². The molecule has 1 N–H and O–H groups in total. The fraction of sp³-hybridized carbons (Fsp3) is 0.231. The van der Waals surface area contributed by atoms with Crippen molar-refractivity contribution in [1.29, 1.82) is 0 Å². The van der Waals surface area contributed by atoms with Crippen LogP contribution in [0.15, 0.2) is 30.9 Å². The number of fused-ring (bicyclic) bond motifs is 1. The lowest BCUT2D eigenvalue weighted by molar-refractivity contribution is -0.117. The lowest BCUT2D eigenvalue weighted by atomic mass is 10.1. The number of carbonyl (C=O) groups is 2. The van der Waals surface area contributed by atoms with Crippen molar-refractivity contribution in [2.24, 2.45) is 0 Å². The van der Waals surface area contributed by atoms with Crippen LogP contribution in [0.25, 0.3) is 0 Å². The minimum absolute atomic E-state index is 0.0209. The van der Waals surface area contributed by atoms with E-state index in [9.17, 15) is 9.59 Å². The normalized spacial score (nSPS) is 14.4. The van der Waals surface area contributed by atoms with Crippen LogP contribution >= 0.6 is 0 Å². The van der Waals surface area contributed by atoms with Gasteiger partial charge in [0, 0.05) is 13.6 Å². The maximum absolute atomic E-state index is 11.8. The summed E-state index contributed by atoms with van der Waals surface area (Å²) in [5.74, 6) is -0.997. The van der Waals surface area contributed by atoms with Crippen molar-refractivity contribution >= 4 is 23.3 Å². The minimum Gasteiger partial charge on any atom is -0.478 e. The van der Waals surface area contributed by atoms with Crippen LogP contribution in [0.4, 0.5) is 11.4 Å². The van der Waals surface area contributed by atoms with E-state index in [1.165, 1.54) is 6.07 Å². The zero-order valence-electron chi connectivity index (χ0n) is 10.1. The number of carbonyl (C=O) groups excluding carboxylic acids is 1. The Labute approximate surface area is 105 Å². The smallest absolute Gasteiger partial charge is 0.335 e. The first-order valence-electron chi connectivity index (χ1n) is 5.54. The molecule has 0 atom stereocenters. The summed E-state index contributed by atoms with van der Waals surface area (Å²) >= 11 is 0. The van der Waals surface area contributed by atoms with E-state index < -0.39 is 5.97 Å². The van der Waals surface area contributed by atoms with Crippen LogP contribution in [-0.2, 0) is 4.79 Å². The van der Waals surface area contributed by atoms with Crippen molar-refractivity contribution in [3.8, 4) is 0 Å². The van der Waals surface area contributed by atoms with Crippen LogP contribution in [-0.4, -0.2) is 37.1 Å². The fourth-order valence-corrected chi connectivity index (χ4v) is 2.00. The van der Waals surface area contributed by atoms with E-state index in [0.717, 1.165) is 11.4 Å². The van der Waals surface area contributed by atoms with Gasteiger partial charge in [-0.2, -0.15) is 0 Å². The van der Waals surface area contributed by atoms with Gasteiger partial charge in [0.2, 0.25) is 5.91 Å². The Bertz CT molecular complexity index is 525. The number of amides is 1. The molecule has 1 aliphatic rings. The predicted octanol–water partition coefficient (Wildman–Crippen LogP) is 1.35. The van der Waals surface area contributed by atoms with Gasteiger partial charge >= 0.3 is 5.97 Å². The lowest BCUT2D eigenvalue weighted by Gasteiger charge is -2.35. The van der Waals surface area contributed by atoms with Crippen LogP contribution in [0.3, 0.4) is 0 Å². The number of hydrogen-bond acceptors (Lipinski definition) is 3. The third kappa shape index (κ3) is 1.95. The average Bonchev–Trinajstić information content (AvgIpc) is 2.35. The Hall–Kier alpha value is -2.30. The predicted molar refractivity (Wildman–Crippen MR) is 69.2 cm³/mol. The number of likely N-dealkylation sites (N-methyl/N-ethyl adjacent to an activating group) is 1. The molecule has 1 aromatic rings. The Morgan fingerprint density at radius 2 is 2.22 bits per heavy atom. The quantitative estimate of drug-likeness (QED) is 0.818. The second-order valence-electron chi connectivity index (χ2n) is 4.13. The topological polar surface area (TPSA) is 60.9 Å². The molecular formula is C13H14N2O3. The van der Waals surface area contributed by atoms with E-state index in [2.05, 4.69) is 6.58 Å². The Balaban J connectivity index is 2.52. The molecule has 0 unspecified atom stereocenters. The van der Waals surface area contributed by atoms with E-state index in [-0.39, 0.29) is 18.0 Å². The van der Waals surface area contributed by atoms with Gasteiger partial charge in [0.15, 0.2) is 0 Å². The summed E-state index contributed by atoms with van der Waals surface area (Å²) < 4.78 is 0. The van der Waals surface area contributed by atoms with Crippen molar-refractivity contribution in [3.63, 3.8) is 0 Å². The van der Waals surface area contributed by atoms with Gasteiger partial charge in [0.25, 0.3) is 0 Å². The van der Waals surface area contributed by atoms with Gasteiger partial charge in [-0.25, -0.2) is 4.79 Å². The molecule has 1 amide bonds. The highest BCUT2D eigenvalue weighted by molar-refractivity contribution is 6.04. The first-order valence-corrected chi connectivity index (χ1v) is 5.54. The second kappa shape index (κ2) is 4.52. The van der Waals surface area contributed by atoms with Gasteiger partial charge in [-0.3, -0.25) is 4.79 Å². The molecule has 1 aliphatic heterocycles.